The van der Waals surface area contributed by atoms with Crippen LogP contribution in [0.15, 0.2) is 22.9 Å². The average molecular weight is 357 g/mol. The lowest BCUT2D eigenvalue weighted by Crippen LogP contribution is -2.47. The van der Waals surface area contributed by atoms with Gasteiger partial charge in [0.05, 0.1) is 5.60 Å². The second kappa shape index (κ2) is 5.93. The summed E-state index contributed by atoms with van der Waals surface area (Å²) in [6, 6.07) is 3.67. The largest absolute Gasteiger partial charge is 0.444 e. The molecule has 1 N–H and O–H groups in total. The fourth-order valence-electron chi connectivity index (χ4n) is 2.39. The lowest BCUT2D eigenvalue weighted by Gasteiger charge is -2.39. The Labute approximate surface area is 133 Å². The van der Waals surface area contributed by atoms with Gasteiger partial charge < -0.3 is 14.7 Å². The zero-order chi connectivity index (χ0) is 15.7. The lowest BCUT2D eigenvalue weighted by atomic mass is 9.85. The number of hydrogen-bond acceptors (Lipinski definition) is 4. The summed E-state index contributed by atoms with van der Waals surface area (Å²) in [5.74, 6) is 0. The number of nitrogens with zero attached hydrogens (tertiary/aromatic N) is 2. The molecule has 2 heterocycles. The van der Waals surface area contributed by atoms with Gasteiger partial charge in [-0.1, -0.05) is 6.07 Å². The van der Waals surface area contributed by atoms with Crippen molar-refractivity contribution in [1.29, 1.82) is 0 Å². The van der Waals surface area contributed by atoms with E-state index in [1.165, 1.54) is 0 Å². The van der Waals surface area contributed by atoms with Gasteiger partial charge in [0.25, 0.3) is 0 Å². The third-order valence-electron chi connectivity index (χ3n) is 3.50. The minimum absolute atomic E-state index is 0.324. The number of likely N-dealkylation sites (tertiary alicyclic amines) is 1. The summed E-state index contributed by atoms with van der Waals surface area (Å²) in [7, 11) is 0. The summed E-state index contributed by atoms with van der Waals surface area (Å²) in [5, 5.41) is 10.8. The Balaban J connectivity index is 2.03. The molecule has 6 heteroatoms. The lowest BCUT2D eigenvalue weighted by molar-refractivity contribution is -0.0362. The van der Waals surface area contributed by atoms with Gasteiger partial charge in [0, 0.05) is 24.8 Å². The minimum Gasteiger partial charge on any atom is -0.444 e. The second-order valence-electron chi connectivity index (χ2n) is 6.34. The van der Waals surface area contributed by atoms with E-state index in [0.717, 1.165) is 5.56 Å². The van der Waals surface area contributed by atoms with Gasteiger partial charge in [0.1, 0.15) is 10.2 Å². The van der Waals surface area contributed by atoms with E-state index >= 15 is 0 Å². The first kappa shape index (κ1) is 16.2. The topological polar surface area (TPSA) is 62.7 Å². The molecule has 0 aliphatic carbocycles. The van der Waals surface area contributed by atoms with Gasteiger partial charge in [-0.2, -0.15) is 0 Å². The number of carbonyl (C=O) groups is 1. The van der Waals surface area contributed by atoms with Crippen molar-refractivity contribution in [3.8, 4) is 0 Å². The maximum atomic E-state index is 12.0. The van der Waals surface area contributed by atoms with Crippen LogP contribution in [0.1, 0.15) is 39.2 Å². The van der Waals surface area contributed by atoms with Crippen molar-refractivity contribution in [2.45, 2.75) is 44.8 Å². The molecular weight excluding hydrogens is 336 g/mol. The van der Waals surface area contributed by atoms with E-state index in [0.29, 0.717) is 30.5 Å². The highest BCUT2D eigenvalue weighted by molar-refractivity contribution is 9.10. The van der Waals surface area contributed by atoms with Gasteiger partial charge in [0.15, 0.2) is 0 Å². The highest BCUT2D eigenvalue weighted by Crippen LogP contribution is 2.36. The SMILES string of the molecule is CC(C)(C)OC(=O)N1CCC(O)(c2cccnc2Br)CC1. The van der Waals surface area contributed by atoms with Crippen LogP contribution in [0.3, 0.4) is 0 Å². The van der Waals surface area contributed by atoms with Crippen LogP contribution < -0.4 is 0 Å². The Hall–Kier alpha value is -1.14. The average Bonchev–Trinajstić information content (AvgIpc) is 2.37. The Morgan fingerprint density at radius 2 is 2.05 bits per heavy atom. The number of rotatable bonds is 1. The van der Waals surface area contributed by atoms with Gasteiger partial charge in [0.2, 0.25) is 0 Å². The molecule has 5 nitrogen and oxygen atoms in total. The predicted molar refractivity (Wildman–Crippen MR) is 82.9 cm³/mol. The highest BCUT2D eigenvalue weighted by Gasteiger charge is 2.38. The van der Waals surface area contributed by atoms with Gasteiger partial charge in [-0.3, -0.25) is 0 Å². The second-order valence-corrected chi connectivity index (χ2v) is 7.09. The third-order valence-corrected chi connectivity index (χ3v) is 4.13. The molecule has 116 valence electrons. The Morgan fingerprint density at radius 1 is 1.43 bits per heavy atom. The standard InChI is InChI=1S/C15H21BrN2O3/c1-14(2,3)21-13(19)18-9-6-15(20,7-10-18)11-5-4-8-17-12(11)16/h4-5,8,20H,6-7,9-10H2,1-3H3. The highest BCUT2D eigenvalue weighted by atomic mass is 79.9. The van der Waals surface area contributed by atoms with Crippen LogP contribution in [-0.2, 0) is 10.3 Å². The molecule has 21 heavy (non-hydrogen) atoms. The number of ether oxygens (including phenoxy) is 1. The molecule has 1 amide bonds. The van der Waals surface area contributed by atoms with E-state index in [1.807, 2.05) is 26.8 Å². The predicted octanol–water partition coefficient (Wildman–Crippen LogP) is 3.06. The fourth-order valence-corrected chi connectivity index (χ4v) is 3.01. The number of halogens is 1. The number of piperidine rings is 1. The van der Waals surface area contributed by atoms with E-state index in [-0.39, 0.29) is 6.09 Å². The molecule has 0 radical (unpaired) electrons. The molecule has 0 saturated carbocycles. The number of amides is 1. The zero-order valence-electron chi connectivity index (χ0n) is 12.6. The monoisotopic (exact) mass is 356 g/mol. The van der Waals surface area contributed by atoms with E-state index in [1.54, 1.807) is 17.2 Å². The first-order valence-electron chi connectivity index (χ1n) is 7.03. The van der Waals surface area contributed by atoms with Crippen molar-refractivity contribution in [2.24, 2.45) is 0 Å². The van der Waals surface area contributed by atoms with Crippen LogP contribution in [0.2, 0.25) is 0 Å². The van der Waals surface area contributed by atoms with Crippen LogP contribution in [0, 0.1) is 0 Å². The summed E-state index contributed by atoms with van der Waals surface area (Å²) in [6.45, 7) is 6.47. The number of aromatic nitrogens is 1. The zero-order valence-corrected chi connectivity index (χ0v) is 14.2. The van der Waals surface area contributed by atoms with Crippen molar-refractivity contribution in [3.05, 3.63) is 28.5 Å². The quantitative estimate of drug-likeness (QED) is 0.785. The normalized spacial score (nSPS) is 18.4. The molecule has 2 rings (SSSR count). The molecule has 0 atom stereocenters. The summed E-state index contributed by atoms with van der Waals surface area (Å²) in [5.41, 5.74) is -0.683. The summed E-state index contributed by atoms with van der Waals surface area (Å²) >= 11 is 3.37. The minimum atomic E-state index is -0.953. The fraction of sp³-hybridized carbons (Fsp3) is 0.600. The van der Waals surface area contributed by atoms with Crippen LogP contribution in [0.5, 0.6) is 0 Å². The van der Waals surface area contributed by atoms with Crippen molar-refractivity contribution < 1.29 is 14.6 Å². The van der Waals surface area contributed by atoms with Gasteiger partial charge in [-0.25, -0.2) is 9.78 Å². The van der Waals surface area contributed by atoms with Gasteiger partial charge >= 0.3 is 6.09 Å². The molecule has 1 aromatic rings. The summed E-state index contributed by atoms with van der Waals surface area (Å²) in [4.78, 5) is 17.8. The number of aliphatic hydroxyl groups is 1. The molecule has 0 bridgehead atoms. The molecule has 1 aromatic heterocycles. The van der Waals surface area contributed by atoms with E-state index in [9.17, 15) is 9.90 Å². The van der Waals surface area contributed by atoms with Crippen molar-refractivity contribution >= 4 is 22.0 Å². The Kier molecular flexibility index (Phi) is 4.58. The van der Waals surface area contributed by atoms with Crippen molar-refractivity contribution in [1.82, 2.24) is 9.88 Å². The Bertz CT molecular complexity index is 520. The van der Waals surface area contributed by atoms with Crippen LogP contribution in [0.25, 0.3) is 0 Å². The molecule has 1 saturated heterocycles. The molecule has 1 aliphatic heterocycles. The van der Waals surface area contributed by atoms with Gasteiger partial charge in [-0.15, -0.1) is 0 Å². The Morgan fingerprint density at radius 3 is 2.57 bits per heavy atom. The maximum absolute atomic E-state index is 12.0. The molecule has 1 aliphatic rings. The number of hydrogen-bond donors (Lipinski definition) is 1. The smallest absolute Gasteiger partial charge is 0.410 e. The van der Waals surface area contributed by atoms with Crippen LogP contribution in [-0.4, -0.2) is 39.8 Å². The summed E-state index contributed by atoms with van der Waals surface area (Å²) < 4.78 is 6.01. The van der Waals surface area contributed by atoms with E-state index in [4.69, 9.17) is 4.74 Å². The van der Waals surface area contributed by atoms with Crippen molar-refractivity contribution in [3.63, 3.8) is 0 Å². The summed E-state index contributed by atoms with van der Waals surface area (Å²) in [6.07, 6.45) is 2.29. The molecular formula is C15H21BrN2O3. The first-order chi connectivity index (χ1) is 9.71. The van der Waals surface area contributed by atoms with E-state index in [2.05, 4.69) is 20.9 Å². The number of carbonyl (C=O) groups excluding carboxylic acids is 1. The molecule has 0 aromatic carbocycles. The van der Waals surface area contributed by atoms with Gasteiger partial charge in [-0.05, 0) is 55.6 Å². The third kappa shape index (κ3) is 3.95. The number of pyridine rings is 1. The maximum Gasteiger partial charge on any atom is 0.410 e. The molecule has 0 unspecified atom stereocenters. The molecule has 0 spiro atoms. The van der Waals surface area contributed by atoms with Crippen LogP contribution >= 0.6 is 15.9 Å². The van der Waals surface area contributed by atoms with Crippen molar-refractivity contribution in [2.75, 3.05) is 13.1 Å². The van der Waals surface area contributed by atoms with Crippen LogP contribution in [0.4, 0.5) is 4.79 Å². The van der Waals surface area contributed by atoms with E-state index < -0.39 is 11.2 Å². The molecule has 1 fully saturated rings. The first-order valence-corrected chi connectivity index (χ1v) is 7.82.